The van der Waals surface area contributed by atoms with Crippen molar-refractivity contribution in [3.8, 4) is 22.5 Å². The van der Waals surface area contributed by atoms with Gasteiger partial charge in [0.05, 0.1) is 55.0 Å². The molecule has 0 radical (unpaired) electrons. The van der Waals surface area contributed by atoms with Crippen LogP contribution in [0.1, 0.15) is 32.9 Å². The third-order valence-electron chi connectivity index (χ3n) is 5.99. The van der Waals surface area contributed by atoms with E-state index in [4.69, 9.17) is 26.0 Å². The minimum absolute atomic E-state index is 0.439. The third-order valence-corrected chi connectivity index (χ3v) is 5.99. The van der Waals surface area contributed by atoms with Crippen LogP contribution in [-0.4, -0.2) is 9.13 Å². The molecule has 178 valence electrons. The van der Waals surface area contributed by atoms with Gasteiger partial charge >= 0.3 is 0 Å². The van der Waals surface area contributed by atoms with Crippen LogP contribution in [-0.2, 0) is 0 Å². The van der Waals surface area contributed by atoms with E-state index < -0.39 is 211 Å². The second-order valence-electron chi connectivity index (χ2n) is 8.01. The van der Waals surface area contributed by atoms with Crippen molar-refractivity contribution < 1.29 is 32.9 Å². The summed E-state index contributed by atoms with van der Waals surface area (Å²) < 4.78 is 212. The molecule has 0 bridgehead atoms. The molecule has 2 heteroatoms. The SMILES string of the molecule is [2H]c1c([2H])c([2H])c(-c2c([2H])c([2H])c(-n3c4c([2H])c([2H])c([2H])c([2H])c4c4c([2H])c([2H])c(-n5c6c([2H])c([2H])c([2H])c([2H])c6c6c([2H])c([2H])c([2H])c([2H])c65)c([2H])c43)c([2H])c2[2H])c([2H])c1[2H]. The third kappa shape index (κ3) is 3.07. The fraction of sp³-hybridized carbons (Fsp3) is 0. The number of hydrogen-bond acceptors (Lipinski definition) is 0. The maximum absolute atomic E-state index is 9.79. The molecule has 0 aliphatic rings. The van der Waals surface area contributed by atoms with Crippen LogP contribution in [0.15, 0.2) is 145 Å². The van der Waals surface area contributed by atoms with Crippen molar-refractivity contribution in [2.45, 2.75) is 0 Å². The quantitative estimate of drug-likeness (QED) is 0.225. The summed E-state index contributed by atoms with van der Waals surface area (Å²) >= 11 is 0. The zero-order chi connectivity index (χ0) is 45.9. The van der Waals surface area contributed by atoms with Crippen molar-refractivity contribution >= 4 is 43.6 Å². The predicted molar refractivity (Wildman–Crippen MR) is 161 cm³/mol. The summed E-state index contributed by atoms with van der Waals surface area (Å²) in [6.07, 6.45) is 0. The van der Waals surface area contributed by atoms with Crippen LogP contribution in [0.2, 0.25) is 0 Å². The first-order valence-electron chi connectivity index (χ1n) is 23.1. The second kappa shape index (κ2) is 8.22. The highest BCUT2D eigenvalue weighted by molar-refractivity contribution is 6.12. The fourth-order valence-corrected chi connectivity index (χ4v) is 4.40. The first-order chi connectivity index (χ1) is 28.9. The Morgan fingerprint density at radius 2 is 0.763 bits per heavy atom. The van der Waals surface area contributed by atoms with Gasteiger partial charge in [0.15, 0.2) is 0 Å². The number of fused-ring (bicyclic) bond motifs is 6. The molecule has 2 aromatic heterocycles. The lowest BCUT2D eigenvalue weighted by molar-refractivity contribution is 1.15. The van der Waals surface area contributed by atoms with E-state index in [0.29, 0.717) is 0 Å². The zero-order valence-electron chi connectivity index (χ0n) is 42.9. The topological polar surface area (TPSA) is 9.86 Å². The summed E-state index contributed by atoms with van der Waals surface area (Å²) in [7, 11) is 0. The smallest absolute Gasteiger partial charge is 0.0667 e. The molecule has 2 nitrogen and oxygen atoms in total. The molecule has 2 heterocycles. The van der Waals surface area contributed by atoms with Gasteiger partial charge in [-0.05, 0) is 53.4 Å². The molecule has 0 aliphatic carbocycles. The Morgan fingerprint density at radius 3 is 1.34 bits per heavy atom. The molecule has 0 aliphatic heterocycles. The van der Waals surface area contributed by atoms with Gasteiger partial charge in [-0.15, -0.1) is 0 Å². The van der Waals surface area contributed by atoms with E-state index in [1.807, 2.05) is 0 Å². The Morgan fingerprint density at radius 1 is 0.342 bits per heavy atom. The number of nitrogens with zero attached hydrogens (tertiary/aromatic N) is 2. The van der Waals surface area contributed by atoms with E-state index in [2.05, 4.69) is 0 Å². The highest BCUT2D eigenvalue weighted by atomic mass is 15.0. The van der Waals surface area contributed by atoms with E-state index in [1.54, 1.807) is 0 Å². The first kappa shape index (κ1) is 8.21. The van der Waals surface area contributed by atoms with Gasteiger partial charge in [0.25, 0.3) is 0 Å². The minimum Gasteiger partial charge on any atom is -0.309 e. The van der Waals surface area contributed by atoms with Crippen molar-refractivity contribution in [1.82, 2.24) is 9.13 Å². The monoisotopic (exact) mass is 508 g/mol. The second-order valence-corrected chi connectivity index (χ2v) is 8.01. The van der Waals surface area contributed by atoms with Gasteiger partial charge in [-0.1, -0.05) is 103 Å². The molecular weight excluding hydrogens is 460 g/mol. The standard InChI is InChI=1S/C36H24N2/c1-2-10-25(11-3-1)26-18-20-27(21-19-26)37-33-15-7-6-14-31(33)32-23-22-28(24-36(32)37)38-34-16-8-4-12-29(34)30-13-5-9-17-35(30)38/h1-24H/i1D,2D,3D,4D,5D,6D,7D,8D,9D,10D,11D,12D,13D,14D,15D,16D,17D,18D,19D,20D,21D,22D,23D,24D. The highest BCUT2D eigenvalue weighted by Crippen LogP contribution is 2.37. The van der Waals surface area contributed by atoms with E-state index in [0.717, 1.165) is 9.13 Å². The van der Waals surface area contributed by atoms with Crippen LogP contribution in [0.25, 0.3) is 66.1 Å². The summed E-state index contributed by atoms with van der Waals surface area (Å²) in [4.78, 5) is 0. The molecule has 8 aromatic rings. The molecule has 0 saturated heterocycles. The zero-order valence-corrected chi connectivity index (χ0v) is 18.9. The summed E-state index contributed by atoms with van der Waals surface area (Å²) in [6.45, 7) is 0. The van der Waals surface area contributed by atoms with E-state index in [-0.39, 0.29) is 0 Å². The number of benzene rings is 6. The number of aromatic nitrogens is 2. The van der Waals surface area contributed by atoms with Crippen molar-refractivity contribution in [3.05, 3.63) is 145 Å². The first-order valence-corrected chi connectivity index (χ1v) is 11.1. The highest BCUT2D eigenvalue weighted by Gasteiger charge is 2.16. The van der Waals surface area contributed by atoms with Crippen molar-refractivity contribution in [1.29, 1.82) is 0 Å². The van der Waals surface area contributed by atoms with Crippen molar-refractivity contribution in [3.63, 3.8) is 0 Å². The Kier molecular flexibility index (Phi) is 1.78. The average Bonchev–Trinajstić information content (AvgIpc) is 3.78. The lowest BCUT2D eigenvalue weighted by Gasteiger charge is -2.12. The van der Waals surface area contributed by atoms with Gasteiger partial charge in [0, 0.05) is 32.9 Å². The summed E-state index contributed by atoms with van der Waals surface area (Å²) in [6, 6.07) is -20.8. The van der Waals surface area contributed by atoms with Crippen LogP contribution in [0.3, 0.4) is 0 Å². The summed E-state index contributed by atoms with van der Waals surface area (Å²) in [5, 5.41) is -1.93. The number of para-hydroxylation sites is 3. The molecule has 0 N–H and O–H groups in total. The van der Waals surface area contributed by atoms with Crippen LogP contribution >= 0.6 is 0 Å². The van der Waals surface area contributed by atoms with Gasteiger partial charge in [-0.3, -0.25) is 0 Å². The van der Waals surface area contributed by atoms with Gasteiger partial charge in [-0.25, -0.2) is 0 Å². The van der Waals surface area contributed by atoms with Crippen LogP contribution in [0, 0.1) is 0 Å². The molecular formula is C36H24N2. The van der Waals surface area contributed by atoms with Gasteiger partial charge in [-0.2, -0.15) is 0 Å². The van der Waals surface area contributed by atoms with Crippen molar-refractivity contribution in [2.24, 2.45) is 0 Å². The van der Waals surface area contributed by atoms with E-state index >= 15 is 0 Å². The Bertz CT molecular complexity index is 3320. The lowest BCUT2D eigenvalue weighted by Crippen LogP contribution is -1.97. The van der Waals surface area contributed by atoms with E-state index in [9.17, 15) is 6.85 Å². The molecule has 8 rings (SSSR count). The molecule has 0 atom stereocenters. The Hall–Kier alpha value is -5.08. The number of rotatable bonds is 3. The average molecular weight is 509 g/mol. The normalized spacial score (nSPS) is 20.5. The molecule has 0 fully saturated rings. The van der Waals surface area contributed by atoms with Crippen LogP contribution in [0.5, 0.6) is 0 Å². The predicted octanol–water partition coefficient (Wildman–Crippen LogP) is 9.55. The summed E-state index contributed by atoms with van der Waals surface area (Å²) in [5.74, 6) is 0. The maximum Gasteiger partial charge on any atom is 0.0667 e. The largest absolute Gasteiger partial charge is 0.309 e. The van der Waals surface area contributed by atoms with Gasteiger partial charge in [0.1, 0.15) is 0 Å². The van der Waals surface area contributed by atoms with Crippen molar-refractivity contribution in [2.75, 3.05) is 0 Å². The Balaban J connectivity index is 1.67. The van der Waals surface area contributed by atoms with Crippen LogP contribution < -0.4 is 0 Å². The van der Waals surface area contributed by atoms with E-state index in [1.165, 1.54) is 0 Å². The Labute approximate surface area is 254 Å². The van der Waals surface area contributed by atoms with Gasteiger partial charge < -0.3 is 9.13 Å². The molecule has 6 aromatic carbocycles. The summed E-state index contributed by atoms with van der Waals surface area (Å²) in [5.41, 5.74) is -5.36. The molecule has 0 saturated carbocycles. The molecule has 0 spiro atoms. The lowest BCUT2D eigenvalue weighted by atomic mass is 10.1. The fourth-order valence-electron chi connectivity index (χ4n) is 4.40. The molecule has 0 unspecified atom stereocenters. The van der Waals surface area contributed by atoms with Gasteiger partial charge in [0.2, 0.25) is 0 Å². The molecule has 0 amide bonds. The maximum atomic E-state index is 9.79. The molecule has 38 heavy (non-hydrogen) atoms. The number of hydrogen-bond donors (Lipinski definition) is 0. The minimum atomic E-state index is -1.01. The van der Waals surface area contributed by atoms with Crippen LogP contribution in [0.4, 0.5) is 0 Å².